The van der Waals surface area contributed by atoms with Crippen molar-refractivity contribution in [3.63, 3.8) is 0 Å². The van der Waals surface area contributed by atoms with E-state index in [4.69, 9.17) is 14.6 Å². The molecule has 1 aliphatic heterocycles. The molecule has 3 rings (SSSR count). The van der Waals surface area contributed by atoms with Gasteiger partial charge in [-0.2, -0.15) is 5.10 Å². The summed E-state index contributed by atoms with van der Waals surface area (Å²) in [6, 6.07) is 8.05. The average molecular weight is 401 g/mol. The highest BCUT2D eigenvalue weighted by Crippen LogP contribution is 2.21. The molecule has 1 N–H and O–H groups in total. The Labute approximate surface area is 173 Å². The Kier molecular flexibility index (Phi) is 7.28. The quantitative estimate of drug-likeness (QED) is 0.691. The second-order valence-corrected chi connectivity index (χ2v) is 7.65. The van der Waals surface area contributed by atoms with Crippen LogP contribution in [-0.4, -0.2) is 60.2 Å². The Hall–Kier alpha value is -2.38. The summed E-state index contributed by atoms with van der Waals surface area (Å²) in [5.41, 5.74) is 5.29. The minimum atomic E-state index is -0.117. The van der Waals surface area contributed by atoms with Gasteiger partial charge >= 0.3 is 6.03 Å². The van der Waals surface area contributed by atoms with Gasteiger partial charge in [-0.15, -0.1) is 0 Å². The summed E-state index contributed by atoms with van der Waals surface area (Å²) in [6.45, 7) is 9.02. The number of nitrogens with one attached hydrogen (secondary N) is 1. The van der Waals surface area contributed by atoms with E-state index in [1.807, 2.05) is 30.7 Å². The van der Waals surface area contributed by atoms with E-state index in [1.165, 1.54) is 5.56 Å². The Balaban J connectivity index is 1.51. The highest BCUT2D eigenvalue weighted by Gasteiger charge is 2.18. The van der Waals surface area contributed by atoms with E-state index >= 15 is 0 Å². The SMILES string of the molecule is Cc1ccccc1-n1nc(C)c(CN(C)C(=O)NCCOCC2CCCO2)c1C. The highest BCUT2D eigenvalue weighted by molar-refractivity contribution is 5.73. The zero-order valence-corrected chi connectivity index (χ0v) is 17.9. The third-order valence-electron chi connectivity index (χ3n) is 5.38. The second kappa shape index (κ2) is 9.89. The maximum absolute atomic E-state index is 12.4. The molecule has 1 saturated heterocycles. The fourth-order valence-electron chi connectivity index (χ4n) is 3.60. The van der Waals surface area contributed by atoms with Crippen molar-refractivity contribution in [1.82, 2.24) is 20.0 Å². The predicted molar refractivity (Wildman–Crippen MR) is 112 cm³/mol. The number of carbonyl (C=O) groups excluding carboxylic acids is 1. The van der Waals surface area contributed by atoms with E-state index in [2.05, 4.69) is 24.4 Å². The number of amides is 2. The van der Waals surface area contributed by atoms with E-state index in [0.29, 0.717) is 26.3 Å². The van der Waals surface area contributed by atoms with Crippen molar-refractivity contribution in [1.29, 1.82) is 0 Å². The minimum Gasteiger partial charge on any atom is -0.377 e. The van der Waals surface area contributed by atoms with Crippen molar-refractivity contribution in [3.8, 4) is 5.69 Å². The van der Waals surface area contributed by atoms with Crippen LogP contribution < -0.4 is 5.32 Å². The first kappa shape index (κ1) is 21.3. The van der Waals surface area contributed by atoms with Gasteiger partial charge in [-0.25, -0.2) is 9.48 Å². The van der Waals surface area contributed by atoms with Crippen LogP contribution in [-0.2, 0) is 16.0 Å². The van der Waals surface area contributed by atoms with Crippen LogP contribution in [0.15, 0.2) is 24.3 Å². The molecule has 1 fully saturated rings. The summed E-state index contributed by atoms with van der Waals surface area (Å²) >= 11 is 0. The van der Waals surface area contributed by atoms with Gasteiger partial charge in [-0.1, -0.05) is 18.2 Å². The summed E-state index contributed by atoms with van der Waals surface area (Å²) in [5.74, 6) is 0. The third kappa shape index (κ3) is 5.36. The second-order valence-electron chi connectivity index (χ2n) is 7.65. The molecule has 0 aliphatic carbocycles. The largest absolute Gasteiger partial charge is 0.377 e. The number of urea groups is 1. The van der Waals surface area contributed by atoms with Crippen molar-refractivity contribution in [2.45, 2.75) is 46.3 Å². The van der Waals surface area contributed by atoms with Crippen LogP contribution in [0.4, 0.5) is 4.79 Å². The van der Waals surface area contributed by atoms with Gasteiger partial charge < -0.3 is 19.7 Å². The van der Waals surface area contributed by atoms with Crippen LogP contribution in [0, 0.1) is 20.8 Å². The number of nitrogens with zero attached hydrogens (tertiary/aromatic N) is 3. The van der Waals surface area contributed by atoms with Gasteiger partial charge in [0.05, 0.1) is 37.2 Å². The van der Waals surface area contributed by atoms with Gasteiger partial charge in [0.15, 0.2) is 0 Å². The van der Waals surface area contributed by atoms with Crippen molar-refractivity contribution < 1.29 is 14.3 Å². The van der Waals surface area contributed by atoms with Gasteiger partial charge in [-0.3, -0.25) is 0 Å². The summed E-state index contributed by atoms with van der Waals surface area (Å²) in [6.07, 6.45) is 2.38. The lowest BCUT2D eigenvalue weighted by molar-refractivity contribution is 0.0186. The molecular weight excluding hydrogens is 368 g/mol. The fourth-order valence-corrected chi connectivity index (χ4v) is 3.60. The van der Waals surface area contributed by atoms with Crippen LogP contribution in [0.5, 0.6) is 0 Å². The summed E-state index contributed by atoms with van der Waals surface area (Å²) in [4.78, 5) is 14.1. The van der Waals surface area contributed by atoms with Crippen molar-refractivity contribution in [2.75, 3.05) is 33.4 Å². The van der Waals surface area contributed by atoms with E-state index < -0.39 is 0 Å². The number of aryl methyl sites for hydroxylation is 2. The maximum Gasteiger partial charge on any atom is 0.317 e. The summed E-state index contributed by atoms with van der Waals surface area (Å²) in [5, 5.41) is 7.61. The van der Waals surface area contributed by atoms with E-state index in [1.54, 1.807) is 11.9 Å². The molecule has 0 spiro atoms. The zero-order valence-electron chi connectivity index (χ0n) is 17.9. The smallest absolute Gasteiger partial charge is 0.317 e. The number of carbonyl (C=O) groups is 1. The van der Waals surface area contributed by atoms with Crippen molar-refractivity contribution >= 4 is 6.03 Å². The number of hydrogen-bond acceptors (Lipinski definition) is 4. The average Bonchev–Trinajstić information content (AvgIpc) is 3.31. The lowest BCUT2D eigenvalue weighted by Gasteiger charge is -2.19. The van der Waals surface area contributed by atoms with Gasteiger partial charge in [0.25, 0.3) is 0 Å². The van der Waals surface area contributed by atoms with Gasteiger partial charge in [0.2, 0.25) is 0 Å². The van der Waals surface area contributed by atoms with Gasteiger partial charge in [0.1, 0.15) is 0 Å². The van der Waals surface area contributed by atoms with E-state index in [-0.39, 0.29) is 12.1 Å². The molecule has 0 bridgehead atoms. The molecule has 7 nitrogen and oxygen atoms in total. The first-order valence-corrected chi connectivity index (χ1v) is 10.3. The van der Waals surface area contributed by atoms with Crippen LogP contribution >= 0.6 is 0 Å². The molecule has 2 aromatic rings. The molecule has 0 radical (unpaired) electrons. The third-order valence-corrected chi connectivity index (χ3v) is 5.38. The zero-order chi connectivity index (χ0) is 20.8. The fraction of sp³-hybridized carbons (Fsp3) is 0.545. The molecule has 1 aromatic carbocycles. The Morgan fingerprint density at radius 1 is 1.34 bits per heavy atom. The molecule has 1 unspecified atom stereocenters. The number of rotatable bonds is 8. The molecule has 2 heterocycles. The molecular formula is C22H32N4O3. The molecule has 29 heavy (non-hydrogen) atoms. The van der Waals surface area contributed by atoms with Crippen molar-refractivity contribution in [2.24, 2.45) is 0 Å². The van der Waals surface area contributed by atoms with Crippen LogP contribution in [0.3, 0.4) is 0 Å². The number of aromatic nitrogens is 2. The Bertz CT molecular complexity index is 827. The number of para-hydroxylation sites is 1. The number of benzene rings is 1. The normalized spacial score (nSPS) is 16.2. The Morgan fingerprint density at radius 3 is 2.86 bits per heavy atom. The molecule has 1 atom stereocenters. The lowest BCUT2D eigenvalue weighted by Crippen LogP contribution is -2.38. The van der Waals surface area contributed by atoms with Crippen LogP contribution in [0.1, 0.15) is 35.4 Å². The predicted octanol–water partition coefficient (Wildman–Crippen LogP) is 3.13. The molecule has 7 heteroatoms. The lowest BCUT2D eigenvalue weighted by atomic mass is 10.1. The standard InChI is InChI=1S/C22H32N4O3/c1-16-8-5-6-10-21(16)26-18(3)20(17(2)24-26)14-25(4)22(27)23-11-13-28-15-19-9-7-12-29-19/h5-6,8,10,19H,7,9,11-15H2,1-4H3,(H,23,27). The van der Waals surface area contributed by atoms with E-state index in [9.17, 15) is 4.79 Å². The summed E-state index contributed by atoms with van der Waals surface area (Å²) < 4.78 is 13.1. The van der Waals surface area contributed by atoms with Crippen LogP contribution in [0.25, 0.3) is 5.69 Å². The molecule has 1 aliphatic rings. The van der Waals surface area contributed by atoms with E-state index in [0.717, 1.165) is 42.1 Å². The molecule has 2 amide bonds. The monoisotopic (exact) mass is 400 g/mol. The molecule has 1 aromatic heterocycles. The van der Waals surface area contributed by atoms with Gasteiger partial charge in [0, 0.05) is 31.5 Å². The highest BCUT2D eigenvalue weighted by atomic mass is 16.5. The first-order chi connectivity index (χ1) is 14.0. The maximum atomic E-state index is 12.4. The number of hydrogen-bond donors (Lipinski definition) is 1. The molecule has 0 saturated carbocycles. The van der Waals surface area contributed by atoms with Crippen molar-refractivity contribution in [3.05, 3.63) is 46.8 Å². The summed E-state index contributed by atoms with van der Waals surface area (Å²) in [7, 11) is 1.80. The topological polar surface area (TPSA) is 68.6 Å². The Morgan fingerprint density at radius 2 is 2.14 bits per heavy atom. The molecule has 158 valence electrons. The minimum absolute atomic E-state index is 0.117. The first-order valence-electron chi connectivity index (χ1n) is 10.3. The van der Waals surface area contributed by atoms with Gasteiger partial charge in [-0.05, 0) is 45.2 Å². The number of ether oxygens (including phenoxy) is 2. The van der Waals surface area contributed by atoms with Crippen LogP contribution in [0.2, 0.25) is 0 Å².